The smallest absolute Gasteiger partial charge is 0.291 e. The van der Waals surface area contributed by atoms with Gasteiger partial charge in [0.2, 0.25) is 5.60 Å². The van der Waals surface area contributed by atoms with Gasteiger partial charge in [-0.3, -0.25) is 0 Å². The molecule has 1 aromatic heterocycles. The molecular weight excluding hydrogens is 989 g/mol. The summed E-state index contributed by atoms with van der Waals surface area (Å²) in [7, 11) is 1.94. The van der Waals surface area contributed by atoms with Crippen molar-refractivity contribution in [1.82, 2.24) is 9.88 Å². The summed E-state index contributed by atoms with van der Waals surface area (Å²) >= 11 is 0. The van der Waals surface area contributed by atoms with E-state index in [0.29, 0.717) is 30.1 Å². The van der Waals surface area contributed by atoms with E-state index in [0.717, 1.165) is 106 Å². The topological polar surface area (TPSA) is 43.7 Å². The van der Waals surface area contributed by atoms with Crippen molar-refractivity contribution in [2.75, 3.05) is 16.3 Å². The number of hydrogen-bond donors (Lipinski definition) is 2. The lowest BCUT2D eigenvalue weighted by Gasteiger charge is -2.37. The predicted molar refractivity (Wildman–Crippen MR) is 323 cm³/mol. The second-order valence-electron chi connectivity index (χ2n) is 20.4. The van der Waals surface area contributed by atoms with E-state index in [9.17, 15) is 18.3 Å². The highest BCUT2D eigenvalue weighted by atomic mass is 31.0. The van der Waals surface area contributed by atoms with E-state index in [2.05, 4.69) is 191 Å². The molecule has 13 rings (SSSR count). The number of alkyl halides is 3. The molecule has 0 spiro atoms. The van der Waals surface area contributed by atoms with E-state index in [1.807, 2.05) is 33.5 Å². The monoisotopic (exact) mass is 1040 g/mol. The Morgan fingerprint density at radius 2 is 1.35 bits per heavy atom. The maximum Gasteiger partial charge on any atom is 0.291 e. The van der Waals surface area contributed by atoms with Crippen molar-refractivity contribution in [1.29, 1.82) is 0 Å². The summed E-state index contributed by atoms with van der Waals surface area (Å²) in [5, 5.41) is 21.4. The van der Waals surface area contributed by atoms with E-state index in [1.54, 1.807) is 24.4 Å². The lowest BCUT2D eigenvalue weighted by Crippen LogP contribution is -2.27. The van der Waals surface area contributed by atoms with Crippen LogP contribution in [-0.4, -0.2) is 21.8 Å². The van der Waals surface area contributed by atoms with Crippen molar-refractivity contribution < 1.29 is 18.3 Å². The van der Waals surface area contributed by atoms with Gasteiger partial charge in [0.05, 0.1) is 33.8 Å². The first-order valence-electron chi connectivity index (χ1n) is 26.3. The van der Waals surface area contributed by atoms with Gasteiger partial charge in [-0.05, 0) is 146 Å². The standard InChI is InChI=1S/C69H54F3N4OP/c1-4-68(70,71)50-31-35-54-47(41-50)27-25-45-39-44(29-33-52(45)54)43(3)74(60(37-38-73-5-2)49-30-34-53-46(40-49)26-28-48-42-51(69(72,77)78)32-36-55(48)53)67-65(75-61-19-10-6-15-56(61)57-16-7-11-20-62(57)75)23-14-24-66(67)76-63-21-12-8-17-58(63)59-18-9-13-22-64(59)76/h4-17,19-37,39-41,51,59,73,77H,1-3,18,38,42,78H2/b60-37+. The number of fused-ring (bicyclic) bond motifs is 12. The molecule has 2 aliphatic carbocycles. The van der Waals surface area contributed by atoms with E-state index < -0.39 is 17.4 Å². The summed E-state index contributed by atoms with van der Waals surface area (Å²) in [5.41, 5.74) is 11.1. The van der Waals surface area contributed by atoms with Crippen molar-refractivity contribution in [3.63, 3.8) is 0 Å². The molecule has 78 heavy (non-hydrogen) atoms. The molecule has 0 fully saturated rings. The zero-order valence-corrected chi connectivity index (χ0v) is 43.8. The number of para-hydroxylation sites is 4. The molecule has 0 bridgehead atoms. The summed E-state index contributed by atoms with van der Waals surface area (Å²) in [6.07, 6.45) is 16.1. The van der Waals surface area contributed by atoms with Crippen molar-refractivity contribution >= 4 is 97.9 Å². The first-order valence-corrected chi connectivity index (χ1v) is 26.8. The van der Waals surface area contributed by atoms with E-state index in [4.69, 9.17) is 6.58 Å². The van der Waals surface area contributed by atoms with Gasteiger partial charge in [0, 0.05) is 51.8 Å². The van der Waals surface area contributed by atoms with Gasteiger partial charge in [-0.15, -0.1) is 0 Å². The predicted octanol–water partition coefficient (Wildman–Crippen LogP) is 17.5. The minimum Gasteiger partial charge on any atom is -0.388 e. The number of halogens is 3. The largest absolute Gasteiger partial charge is 0.388 e. The second kappa shape index (κ2) is 19.1. The Morgan fingerprint density at radius 1 is 0.705 bits per heavy atom. The number of rotatable bonds is 13. The van der Waals surface area contributed by atoms with Crippen LogP contribution < -0.4 is 15.1 Å². The van der Waals surface area contributed by atoms with Gasteiger partial charge in [-0.25, -0.2) is 4.39 Å². The van der Waals surface area contributed by atoms with Crippen LogP contribution in [0.5, 0.6) is 0 Å². The lowest BCUT2D eigenvalue weighted by atomic mass is 9.86. The summed E-state index contributed by atoms with van der Waals surface area (Å²) in [6, 6.07) is 58.1. The zero-order valence-electron chi connectivity index (χ0n) is 42.7. The van der Waals surface area contributed by atoms with Crippen LogP contribution in [0.4, 0.5) is 30.2 Å². The Bertz CT molecular complexity index is 4240. The van der Waals surface area contributed by atoms with Crippen LogP contribution in [0, 0.1) is 5.92 Å². The van der Waals surface area contributed by atoms with Gasteiger partial charge in [0.1, 0.15) is 0 Å². The van der Waals surface area contributed by atoms with E-state index >= 15 is 0 Å². The van der Waals surface area contributed by atoms with Gasteiger partial charge < -0.3 is 24.8 Å². The average molecular weight is 1040 g/mol. The SMILES string of the molecule is C=CNC/C=C(\c1ccc2c3c(ccc2c1)CC(C(O)(F)P)C=C3)N(C(=C)c1ccc2c(ccc3cc(C(F)(F)C=C)ccc32)c1)c1c(N2C3=CC=CCC3c3ccccc32)cccc1-n1c2ccccc2c2ccccc21. The van der Waals surface area contributed by atoms with Gasteiger partial charge in [0.25, 0.3) is 5.92 Å². The van der Waals surface area contributed by atoms with Gasteiger partial charge >= 0.3 is 0 Å². The second-order valence-corrected chi connectivity index (χ2v) is 21.2. The fourth-order valence-corrected chi connectivity index (χ4v) is 12.5. The third-order valence-corrected chi connectivity index (χ3v) is 16.4. The number of nitrogens with one attached hydrogen (secondary N) is 1. The van der Waals surface area contributed by atoms with Crippen LogP contribution in [-0.2, 0) is 12.3 Å². The molecule has 9 aromatic carbocycles. The highest BCUT2D eigenvalue weighted by molar-refractivity contribution is 7.18. The number of anilines is 3. The number of nitrogens with zero attached hydrogens (tertiary/aromatic N) is 3. The number of aliphatic hydroxyl groups is 1. The van der Waals surface area contributed by atoms with Crippen molar-refractivity contribution in [2.24, 2.45) is 5.92 Å². The van der Waals surface area contributed by atoms with Crippen LogP contribution in [0.1, 0.15) is 45.7 Å². The molecule has 0 radical (unpaired) electrons. The molecular formula is C69H54F3N4OP. The number of aromatic nitrogens is 1. The molecule has 2 heterocycles. The molecule has 4 atom stereocenters. The molecule has 5 nitrogen and oxygen atoms in total. The van der Waals surface area contributed by atoms with Gasteiger partial charge in [0.15, 0.2) is 0 Å². The van der Waals surface area contributed by atoms with E-state index in [-0.39, 0.29) is 11.5 Å². The summed E-state index contributed by atoms with van der Waals surface area (Å²) < 4.78 is 47.2. The van der Waals surface area contributed by atoms with Gasteiger partial charge in [-0.1, -0.05) is 175 Å². The van der Waals surface area contributed by atoms with Crippen molar-refractivity contribution in [3.8, 4) is 5.69 Å². The third kappa shape index (κ3) is 8.09. The van der Waals surface area contributed by atoms with Crippen LogP contribution in [0.15, 0.2) is 238 Å². The maximum atomic E-state index is 14.9. The average Bonchev–Trinajstić information content (AvgIpc) is 4.21. The lowest BCUT2D eigenvalue weighted by molar-refractivity contribution is -0.0335. The minimum absolute atomic E-state index is 0.108. The number of allylic oxidation sites excluding steroid dienone is 5. The molecule has 2 N–H and O–H groups in total. The molecule has 4 unspecified atom stereocenters. The normalized spacial score (nSPS) is 16.8. The van der Waals surface area contributed by atoms with Crippen LogP contribution in [0.25, 0.3) is 77.3 Å². The quantitative estimate of drug-likeness (QED) is 0.0523. The maximum absolute atomic E-state index is 14.9. The van der Waals surface area contributed by atoms with Crippen LogP contribution in [0.3, 0.4) is 0 Å². The Morgan fingerprint density at radius 3 is 2.10 bits per heavy atom. The molecule has 1 aliphatic heterocycles. The first-order chi connectivity index (χ1) is 37.9. The Balaban J connectivity index is 1.10. The number of hydrogen-bond acceptors (Lipinski definition) is 4. The Hall–Kier alpha value is -8.68. The molecule has 10 aromatic rings. The van der Waals surface area contributed by atoms with Crippen molar-refractivity contribution in [2.45, 2.75) is 30.3 Å². The van der Waals surface area contributed by atoms with Crippen LogP contribution >= 0.6 is 9.24 Å². The Kier molecular flexibility index (Phi) is 12.0. The highest BCUT2D eigenvalue weighted by Crippen LogP contribution is 2.56. The number of benzene rings is 9. The zero-order chi connectivity index (χ0) is 53.5. The summed E-state index contributed by atoms with van der Waals surface area (Å²) in [6.45, 7) is 13.0. The minimum atomic E-state index is -3.17. The summed E-state index contributed by atoms with van der Waals surface area (Å²) in [5.74, 6) is -3.72. The third-order valence-electron chi connectivity index (χ3n) is 16.0. The molecule has 0 amide bonds. The fourth-order valence-electron chi connectivity index (χ4n) is 12.2. The molecule has 382 valence electrons. The van der Waals surface area contributed by atoms with Crippen molar-refractivity contribution in [3.05, 3.63) is 271 Å². The first kappa shape index (κ1) is 48.9. The Labute approximate surface area is 453 Å². The molecule has 0 saturated carbocycles. The van der Waals surface area contributed by atoms with Crippen LogP contribution in [0.2, 0.25) is 0 Å². The summed E-state index contributed by atoms with van der Waals surface area (Å²) in [4.78, 5) is 4.76. The highest BCUT2D eigenvalue weighted by Gasteiger charge is 2.39. The molecule has 0 saturated heterocycles. The molecule has 9 heteroatoms. The molecule has 3 aliphatic rings. The van der Waals surface area contributed by atoms with Gasteiger partial charge in [-0.2, -0.15) is 8.78 Å². The fraction of sp³-hybridized carbons (Fsp3) is 0.101. The van der Waals surface area contributed by atoms with E-state index in [1.165, 1.54) is 17.3 Å².